The van der Waals surface area contributed by atoms with Gasteiger partial charge in [0.05, 0.1) is 6.04 Å². The van der Waals surface area contributed by atoms with Crippen molar-refractivity contribution in [2.24, 2.45) is 5.73 Å². The number of hydrogen-bond donors (Lipinski definition) is 2. The van der Waals surface area contributed by atoms with Crippen molar-refractivity contribution in [2.45, 2.75) is 45.7 Å². The first kappa shape index (κ1) is 16.2. The number of nitrogens with one attached hydrogen (secondary N) is 1. The number of rotatable bonds is 6. The van der Waals surface area contributed by atoms with Gasteiger partial charge in [-0.05, 0) is 24.1 Å². The highest BCUT2D eigenvalue weighted by atomic mass is 16.2. The van der Waals surface area contributed by atoms with Crippen LogP contribution in [0.25, 0.3) is 0 Å². The minimum absolute atomic E-state index is 0.148. The smallest absolute Gasteiger partial charge is 0.241 e. The fraction of sp³-hybridized carbons (Fsp3) is 0.412. The zero-order valence-corrected chi connectivity index (χ0v) is 13.4. The average molecular weight is 300 g/mol. The number of amides is 1. The topological polar surface area (TPSA) is 72.9 Å². The number of hydrogen-bond acceptors (Lipinski definition) is 3. The van der Waals surface area contributed by atoms with E-state index in [2.05, 4.69) is 28.7 Å². The van der Waals surface area contributed by atoms with Gasteiger partial charge in [0.1, 0.15) is 5.82 Å². The van der Waals surface area contributed by atoms with Crippen LogP contribution in [0.5, 0.6) is 0 Å². The summed E-state index contributed by atoms with van der Waals surface area (Å²) in [5.41, 5.74) is 7.63. The van der Waals surface area contributed by atoms with E-state index in [1.807, 2.05) is 43.6 Å². The Balaban J connectivity index is 2.11. The highest BCUT2D eigenvalue weighted by Gasteiger charge is 2.11. The molecule has 1 atom stereocenters. The highest BCUT2D eigenvalue weighted by Crippen LogP contribution is 2.16. The number of benzene rings is 1. The van der Waals surface area contributed by atoms with E-state index in [-0.39, 0.29) is 5.91 Å². The van der Waals surface area contributed by atoms with E-state index in [0.29, 0.717) is 12.3 Å². The van der Waals surface area contributed by atoms with Gasteiger partial charge in [0, 0.05) is 30.5 Å². The van der Waals surface area contributed by atoms with Gasteiger partial charge in [-0.25, -0.2) is 4.98 Å². The van der Waals surface area contributed by atoms with Crippen LogP contribution in [0.15, 0.2) is 36.7 Å². The molecule has 0 saturated heterocycles. The van der Waals surface area contributed by atoms with Crippen LogP contribution in [0.4, 0.5) is 5.69 Å². The van der Waals surface area contributed by atoms with E-state index in [1.165, 1.54) is 0 Å². The van der Waals surface area contributed by atoms with E-state index < -0.39 is 6.04 Å². The van der Waals surface area contributed by atoms with Crippen LogP contribution >= 0.6 is 0 Å². The van der Waals surface area contributed by atoms with Gasteiger partial charge < -0.3 is 15.6 Å². The summed E-state index contributed by atoms with van der Waals surface area (Å²) in [6, 6.07) is 7.36. The number of aromatic nitrogens is 2. The molecule has 118 valence electrons. The van der Waals surface area contributed by atoms with Gasteiger partial charge in [-0.1, -0.05) is 32.9 Å². The maximum atomic E-state index is 11.9. The Morgan fingerprint density at radius 2 is 2.18 bits per heavy atom. The summed E-state index contributed by atoms with van der Waals surface area (Å²) in [7, 11) is 0. The lowest BCUT2D eigenvalue weighted by molar-refractivity contribution is -0.117. The van der Waals surface area contributed by atoms with E-state index in [0.717, 1.165) is 23.6 Å². The van der Waals surface area contributed by atoms with E-state index in [1.54, 1.807) is 0 Å². The van der Waals surface area contributed by atoms with Gasteiger partial charge in [-0.3, -0.25) is 4.79 Å². The average Bonchev–Trinajstić information content (AvgIpc) is 2.95. The predicted octanol–water partition coefficient (Wildman–Crippen LogP) is 2.73. The van der Waals surface area contributed by atoms with Crippen molar-refractivity contribution in [3.8, 4) is 0 Å². The van der Waals surface area contributed by atoms with Crippen LogP contribution in [-0.2, 0) is 11.3 Å². The lowest BCUT2D eigenvalue weighted by Gasteiger charge is -2.13. The molecule has 3 N–H and O–H groups in total. The SMILES string of the molecule is CC[C@H](N)C(=O)Nc1cccc(Cn2ccnc2C(C)C)c1. The third kappa shape index (κ3) is 3.95. The maximum Gasteiger partial charge on any atom is 0.241 e. The first-order valence-electron chi connectivity index (χ1n) is 7.67. The number of anilines is 1. The molecule has 5 heteroatoms. The molecule has 0 unspecified atom stereocenters. The summed E-state index contributed by atoms with van der Waals surface area (Å²) < 4.78 is 2.13. The maximum absolute atomic E-state index is 11.9. The normalized spacial score (nSPS) is 12.4. The molecule has 2 rings (SSSR count). The molecule has 0 aliphatic carbocycles. The summed E-state index contributed by atoms with van der Waals surface area (Å²) in [5, 5.41) is 2.86. The quantitative estimate of drug-likeness (QED) is 0.861. The van der Waals surface area contributed by atoms with Crippen LogP contribution in [0, 0.1) is 0 Å². The molecule has 0 aliphatic heterocycles. The fourth-order valence-electron chi connectivity index (χ4n) is 2.32. The first-order valence-corrected chi connectivity index (χ1v) is 7.67. The molecule has 1 aromatic carbocycles. The summed E-state index contributed by atoms with van der Waals surface area (Å²) in [5.74, 6) is 1.29. The van der Waals surface area contributed by atoms with Crippen molar-refractivity contribution >= 4 is 11.6 Å². The third-order valence-corrected chi connectivity index (χ3v) is 3.59. The monoisotopic (exact) mass is 300 g/mol. The first-order chi connectivity index (χ1) is 10.5. The highest BCUT2D eigenvalue weighted by molar-refractivity contribution is 5.94. The van der Waals surface area contributed by atoms with Crippen LogP contribution in [0.2, 0.25) is 0 Å². The van der Waals surface area contributed by atoms with Crippen molar-refractivity contribution in [3.05, 3.63) is 48.0 Å². The van der Waals surface area contributed by atoms with E-state index in [9.17, 15) is 4.79 Å². The zero-order valence-electron chi connectivity index (χ0n) is 13.4. The molecule has 1 aromatic heterocycles. The zero-order chi connectivity index (χ0) is 16.1. The molecule has 0 aliphatic rings. The second-order valence-electron chi connectivity index (χ2n) is 5.77. The van der Waals surface area contributed by atoms with Crippen LogP contribution < -0.4 is 11.1 Å². The predicted molar refractivity (Wildman–Crippen MR) is 88.8 cm³/mol. The molecule has 22 heavy (non-hydrogen) atoms. The Labute approximate surface area is 131 Å². The lowest BCUT2D eigenvalue weighted by Crippen LogP contribution is -2.34. The second-order valence-corrected chi connectivity index (χ2v) is 5.77. The van der Waals surface area contributed by atoms with E-state index >= 15 is 0 Å². The van der Waals surface area contributed by atoms with Gasteiger partial charge in [0.15, 0.2) is 0 Å². The van der Waals surface area contributed by atoms with Crippen LogP contribution in [-0.4, -0.2) is 21.5 Å². The van der Waals surface area contributed by atoms with E-state index in [4.69, 9.17) is 5.73 Å². The Morgan fingerprint density at radius 3 is 2.86 bits per heavy atom. The molecular weight excluding hydrogens is 276 g/mol. The van der Waals surface area contributed by atoms with Gasteiger partial charge in [-0.2, -0.15) is 0 Å². The second kappa shape index (κ2) is 7.22. The molecule has 0 radical (unpaired) electrons. The van der Waals surface area contributed by atoms with Crippen molar-refractivity contribution < 1.29 is 4.79 Å². The Morgan fingerprint density at radius 1 is 1.41 bits per heavy atom. The minimum atomic E-state index is -0.468. The number of carbonyl (C=O) groups is 1. The van der Waals surface area contributed by atoms with Crippen LogP contribution in [0.3, 0.4) is 0 Å². The summed E-state index contributed by atoms with van der Waals surface area (Å²) in [6.07, 6.45) is 4.42. The Hall–Kier alpha value is -2.14. The number of nitrogens with two attached hydrogens (primary N) is 1. The molecule has 0 fully saturated rings. The summed E-state index contributed by atoms with van der Waals surface area (Å²) in [4.78, 5) is 16.3. The molecule has 0 spiro atoms. The molecule has 1 heterocycles. The molecule has 0 bridgehead atoms. The summed E-state index contributed by atoms with van der Waals surface area (Å²) >= 11 is 0. The molecule has 1 amide bonds. The standard InChI is InChI=1S/C17H24N4O/c1-4-15(18)17(22)20-14-7-5-6-13(10-14)11-21-9-8-19-16(21)12(2)3/h5-10,12,15H,4,11,18H2,1-3H3,(H,20,22)/t15-/m0/s1. The van der Waals surface area contributed by atoms with Crippen molar-refractivity contribution in [2.75, 3.05) is 5.32 Å². The van der Waals surface area contributed by atoms with Gasteiger partial charge in [0.25, 0.3) is 0 Å². The van der Waals surface area contributed by atoms with Crippen molar-refractivity contribution in [1.82, 2.24) is 9.55 Å². The third-order valence-electron chi connectivity index (χ3n) is 3.59. The molecule has 0 saturated carbocycles. The largest absolute Gasteiger partial charge is 0.330 e. The molecular formula is C17H24N4O. The number of nitrogens with zero attached hydrogens (tertiary/aromatic N) is 2. The number of imidazole rings is 1. The molecule has 2 aromatic rings. The Bertz CT molecular complexity index is 633. The van der Waals surface area contributed by atoms with Gasteiger partial charge in [-0.15, -0.1) is 0 Å². The van der Waals surface area contributed by atoms with Crippen molar-refractivity contribution in [1.29, 1.82) is 0 Å². The Kier molecular flexibility index (Phi) is 5.33. The van der Waals surface area contributed by atoms with Gasteiger partial charge in [0.2, 0.25) is 5.91 Å². The fourth-order valence-corrected chi connectivity index (χ4v) is 2.32. The minimum Gasteiger partial charge on any atom is -0.330 e. The lowest BCUT2D eigenvalue weighted by atomic mass is 10.1. The summed E-state index contributed by atoms with van der Waals surface area (Å²) in [6.45, 7) is 6.88. The van der Waals surface area contributed by atoms with Gasteiger partial charge >= 0.3 is 0 Å². The number of carbonyl (C=O) groups excluding carboxylic acids is 1. The molecule has 5 nitrogen and oxygen atoms in total. The van der Waals surface area contributed by atoms with Crippen molar-refractivity contribution in [3.63, 3.8) is 0 Å². The van der Waals surface area contributed by atoms with Crippen LogP contribution in [0.1, 0.15) is 44.5 Å².